The number of benzene rings is 15. The summed E-state index contributed by atoms with van der Waals surface area (Å²) in [7, 11) is 0. The smallest absolute Gasteiger partial charge is 0.160 e. The van der Waals surface area contributed by atoms with Gasteiger partial charge in [0.2, 0.25) is 0 Å². The van der Waals surface area contributed by atoms with Crippen LogP contribution in [0.25, 0.3) is 211 Å². The topological polar surface area (TPSA) is 166 Å². The first-order valence-electron chi connectivity index (χ1n) is 39.6. The Morgan fingerprint density at radius 1 is 0.200 bits per heavy atom. The molecule has 0 atom stereocenters. The van der Waals surface area contributed by atoms with Crippen molar-refractivity contribution in [2.75, 3.05) is 0 Å². The van der Waals surface area contributed by atoms with E-state index in [2.05, 4.69) is 279 Å². The second-order valence-electron chi connectivity index (χ2n) is 30.2. The highest BCUT2D eigenvalue weighted by molar-refractivity contribution is 6.16. The lowest BCUT2D eigenvalue weighted by Gasteiger charge is -2.20. The number of hydrogen-bond acceptors (Lipinski definition) is 8. The molecule has 0 unspecified atom stereocenters. The number of para-hydroxylation sites is 4. The maximum atomic E-state index is 9.84. The highest BCUT2D eigenvalue weighted by Gasteiger charge is 2.27. The van der Waals surface area contributed by atoms with Gasteiger partial charge >= 0.3 is 0 Å². The van der Waals surface area contributed by atoms with E-state index in [1.54, 1.807) is 0 Å². The van der Waals surface area contributed by atoms with Crippen molar-refractivity contribution in [2.24, 2.45) is 0 Å². The molecule has 0 radical (unpaired) electrons. The summed E-state index contributed by atoms with van der Waals surface area (Å²) >= 11 is 0. The molecule has 0 N–H and O–H groups in total. The van der Waals surface area contributed by atoms with Crippen LogP contribution in [0.4, 0.5) is 0 Å². The third kappa shape index (κ3) is 11.6. The molecule has 0 fully saturated rings. The zero-order valence-corrected chi connectivity index (χ0v) is 64.2. The molecule has 120 heavy (non-hydrogen) atoms. The van der Waals surface area contributed by atoms with Crippen molar-refractivity contribution in [3.05, 3.63) is 399 Å². The largest absolute Gasteiger partial charge is 0.309 e. The number of rotatable bonds is 13. The predicted molar refractivity (Wildman–Crippen MR) is 483 cm³/mol. The number of pyridine rings is 2. The lowest BCUT2D eigenvalue weighted by atomic mass is 9.97. The molecule has 7 aromatic heterocycles. The fraction of sp³-hybridized carbons (Fsp3) is 0. The Morgan fingerprint density at radius 2 is 0.467 bits per heavy atom. The Balaban J connectivity index is 0.771. The van der Waals surface area contributed by atoms with Gasteiger partial charge in [0, 0.05) is 94.4 Å². The van der Waals surface area contributed by atoms with Crippen molar-refractivity contribution in [1.82, 2.24) is 38.2 Å². The quantitative estimate of drug-likeness (QED) is 0.110. The van der Waals surface area contributed by atoms with Crippen LogP contribution < -0.4 is 0 Å². The van der Waals surface area contributed by atoms with Crippen LogP contribution in [0.2, 0.25) is 0 Å². The third-order valence-corrected chi connectivity index (χ3v) is 23.6. The van der Waals surface area contributed by atoms with E-state index >= 15 is 0 Å². The van der Waals surface area contributed by atoms with E-state index in [1.165, 1.54) is 0 Å². The summed E-state index contributed by atoms with van der Waals surface area (Å²) in [6.07, 6.45) is 7.73. The van der Waals surface area contributed by atoms with Crippen molar-refractivity contribution in [3.63, 3.8) is 0 Å². The molecule has 15 aromatic carbocycles. The second-order valence-corrected chi connectivity index (χ2v) is 30.2. The van der Waals surface area contributed by atoms with Gasteiger partial charge in [0.25, 0.3) is 0 Å². The van der Waals surface area contributed by atoms with E-state index in [0.29, 0.717) is 39.5 Å². The molecule has 0 saturated heterocycles. The minimum absolute atomic E-state index is 0.550. The Labute approximate surface area is 688 Å². The Hall–Kier alpha value is -17.2. The van der Waals surface area contributed by atoms with Gasteiger partial charge in [-0.1, -0.05) is 200 Å². The lowest BCUT2D eigenvalue weighted by Crippen LogP contribution is -2.04. The van der Waals surface area contributed by atoms with E-state index in [9.17, 15) is 21.0 Å². The summed E-state index contributed by atoms with van der Waals surface area (Å²) in [6.45, 7) is 0. The molecule has 12 nitrogen and oxygen atoms in total. The van der Waals surface area contributed by atoms with Crippen LogP contribution in [0.5, 0.6) is 0 Å². The van der Waals surface area contributed by atoms with Crippen molar-refractivity contribution in [1.29, 1.82) is 21.0 Å². The van der Waals surface area contributed by atoms with Crippen molar-refractivity contribution < 1.29 is 0 Å². The average molecular weight is 1530 g/mol. The van der Waals surface area contributed by atoms with Gasteiger partial charge in [0.15, 0.2) is 5.82 Å². The average Bonchev–Trinajstić information content (AvgIpc) is 1.61. The van der Waals surface area contributed by atoms with Crippen LogP contribution in [-0.4, -0.2) is 38.2 Å². The summed E-state index contributed by atoms with van der Waals surface area (Å²) in [5.41, 5.74) is 30.0. The van der Waals surface area contributed by atoms with Crippen LogP contribution in [0.3, 0.4) is 0 Å². The zero-order chi connectivity index (χ0) is 80.1. The van der Waals surface area contributed by atoms with E-state index in [-0.39, 0.29) is 0 Å². The van der Waals surface area contributed by atoms with Gasteiger partial charge in [-0.15, -0.1) is 0 Å². The summed E-state index contributed by atoms with van der Waals surface area (Å²) in [5, 5.41) is 47.7. The molecule has 22 aromatic rings. The van der Waals surface area contributed by atoms with Gasteiger partial charge in [0.1, 0.15) is 0 Å². The van der Waals surface area contributed by atoms with Gasteiger partial charge in [-0.05, 0) is 196 Å². The molecule has 12 heteroatoms. The normalized spacial score (nSPS) is 11.5. The van der Waals surface area contributed by atoms with E-state index in [0.717, 1.165) is 193 Å². The van der Waals surface area contributed by atoms with E-state index < -0.39 is 0 Å². The molecule has 0 saturated carbocycles. The zero-order valence-electron chi connectivity index (χ0n) is 64.2. The van der Waals surface area contributed by atoms with Gasteiger partial charge in [-0.3, -0.25) is 9.97 Å². The van der Waals surface area contributed by atoms with Crippen molar-refractivity contribution >= 4 is 87.2 Å². The van der Waals surface area contributed by atoms with Gasteiger partial charge in [-0.25, -0.2) is 9.97 Å². The SMILES string of the molecule is N#Cc1ccc(-c2ccc3c(c2)c2ccccc2n3-c2cnccc2-c2ccc(-c3cc(-c4ccc(-c5ccncc5-n5c6ccccc6c6cc(-c7ccc(C#N)cc7)ccc65)c(-n5c6ccccc6c6cc(-c7ccc(C#N)cc7)ccc65)c4)nc(-c4ccccc4)n3)cc2-n2c3ccccc3c3cc(-c4ccc(C#N)cc4)ccc32)cc1. The number of hydrogen-bond donors (Lipinski definition) is 0. The molecular formula is C108H62N12. The molecule has 0 spiro atoms. The minimum Gasteiger partial charge on any atom is -0.309 e. The number of aromatic nitrogens is 8. The maximum absolute atomic E-state index is 9.84. The number of nitrogens with zero attached hydrogens (tertiary/aromatic N) is 12. The lowest BCUT2D eigenvalue weighted by molar-refractivity contribution is 1.13. The fourth-order valence-corrected chi connectivity index (χ4v) is 17.8. The third-order valence-electron chi connectivity index (χ3n) is 23.6. The van der Waals surface area contributed by atoms with Gasteiger partial charge in [0.05, 0.1) is 137 Å². The summed E-state index contributed by atoms with van der Waals surface area (Å²) < 4.78 is 9.49. The first kappa shape index (κ1) is 69.5. The molecule has 0 aliphatic heterocycles. The maximum Gasteiger partial charge on any atom is 0.160 e. The monoisotopic (exact) mass is 1530 g/mol. The Morgan fingerprint density at radius 3 is 0.783 bits per heavy atom. The highest BCUT2D eigenvalue weighted by atomic mass is 15.0. The molecule has 554 valence electrons. The second kappa shape index (κ2) is 28.4. The standard InChI is InChI=1S/C108H62N12/c109-61-67-22-30-71(31-23-67)76-40-46-100-90(54-76)82-14-4-8-18-96(82)117(100)104-58-80(38-44-86(104)88-50-52-113-65-106(88)119-98-20-10-6-16-84(98)92-56-78(42-48-102(92)119)73-34-26-69(63-111)27-35-73)94-60-95(116-108(115-94)75-12-2-1-3-13-75)81-39-45-87(105(59-81)118-97-19-9-5-15-83(97)91-55-77(41-47-101(91)118)72-32-24-68(62-110)25-33-72)89-51-53-114-66-107(89)120-99-21-11-7-17-85(99)93-57-79(43-49-103(93)120)74-36-28-70(64-112)29-37-74/h1-60,65-66H. The summed E-state index contributed by atoms with van der Waals surface area (Å²) in [6, 6.07) is 131. The molecule has 7 heterocycles. The predicted octanol–water partition coefficient (Wildman–Crippen LogP) is 26.1. The van der Waals surface area contributed by atoms with Crippen LogP contribution in [0.15, 0.2) is 377 Å². The minimum atomic E-state index is 0.550. The molecule has 0 bridgehead atoms. The molecule has 0 aliphatic carbocycles. The fourth-order valence-electron chi connectivity index (χ4n) is 17.8. The molecule has 0 aliphatic rings. The molecule has 22 rings (SSSR count). The molecular weight excluding hydrogens is 1470 g/mol. The van der Waals surface area contributed by atoms with Crippen LogP contribution in [-0.2, 0) is 0 Å². The Kier molecular flexibility index (Phi) is 16.5. The Bertz CT molecular complexity index is 7720. The molecule has 0 amide bonds. The van der Waals surface area contributed by atoms with Crippen LogP contribution >= 0.6 is 0 Å². The van der Waals surface area contributed by atoms with Crippen molar-refractivity contribution in [3.8, 4) is 148 Å². The first-order chi connectivity index (χ1) is 59.3. The summed E-state index contributed by atoms with van der Waals surface area (Å²) in [5.74, 6) is 0.550. The van der Waals surface area contributed by atoms with Gasteiger partial charge < -0.3 is 18.3 Å². The van der Waals surface area contributed by atoms with E-state index in [4.69, 9.17) is 19.9 Å². The number of fused-ring (bicyclic) bond motifs is 12. The highest BCUT2D eigenvalue weighted by Crippen LogP contribution is 2.48. The van der Waals surface area contributed by atoms with Crippen LogP contribution in [0.1, 0.15) is 22.3 Å². The van der Waals surface area contributed by atoms with E-state index in [1.807, 2.05) is 140 Å². The van der Waals surface area contributed by atoms with Gasteiger partial charge in [-0.2, -0.15) is 21.0 Å². The number of nitriles is 4. The summed E-state index contributed by atoms with van der Waals surface area (Å²) in [4.78, 5) is 21.2. The van der Waals surface area contributed by atoms with Crippen LogP contribution in [0, 0.1) is 45.3 Å². The van der Waals surface area contributed by atoms with Crippen molar-refractivity contribution in [2.45, 2.75) is 0 Å². The first-order valence-corrected chi connectivity index (χ1v) is 39.6.